The molecule has 2 fully saturated rings. The van der Waals surface area contributed by atoms with E-state index in [2.05, 4.69) is 29.5 Å². The lowest BCUT2D eigenvalue weighted by Gasteiger charge is -2.35. The molecule has 1 saturated carbocycles. The van der Waals surface area contributed by atoms with Crippen LogP contribution in [0.25, 0.3) is 0 Å². The molecule has 0 aromatic heterocycles. The highest BCUT2D eigenvalue weighted by molar-refractivity contribution is 5.95. The van der Waals surface area contributed by atoms with Crippen LogP contribution >= 0.6 is 0 Å². The molecule has 2 aromatic carbocycles. The van der Waals surface area contributed by atoms with E-state index in [0.717, 1.165) is 11.4 Å². The Bertz CT molecular complexity index is 978. The lowest BCUT2D eigenvalue weighted by molar-refractivity contribution is -0.143. The normalized spacial score (nSPS) is 22.1. The number of aliphatic hydroxyl groups is 1. The molecule has 1 saturated heterocycles. The minimum Gasteiger partial charge on any atom is -0.380 e. The predicted octanol–water partition coefficient (Wildman–Crippen LogP) is 2.21. The fourth-order valence-electron chi connectivity index (χ4n) is 4.28. The number of hydrogen-bond donors (Lipinski definition) is 2. The summed E-state index contributed by atoms with van der Waals surface area (Å²) in [5.74, 6) is -0.214. The number of piperazine rings is 1. The van der Waals surface area contributed by atoms with Crippen molar-refractivity contribution >= 4 is 23.2 Å². The molecule has 2 aliphatic heterocycles. The number of fused-ring (bicyclic) bond motifs is 1. The molecular weight excluding hydrogens is 380 g/mol. The van der Waals surface area contributed by atoms with Gasteiger partial charge in [-0.25, -0.2) is 5.43 Å². The van der Waals surface area contributed by atoms with E-state index < -0.39 is 5.60 Å². The van der Waals surface area contributed by atoms with Crippen molar-refractivity contribution in [3.05, 3.63) is 59.7 Å². The summed E-state index contributed by atoms with van der Waals surface area (Å²) in [6, 6.07) is 16.1. The molecule has 156 valence electrons. The van der Waals surface area contributed by atoms with Gasteiger partial charge < -0.3 is 14.9 Å². The van der Waals surface area contributed by atoms with Crippen LogP contribution in [0.2, 0.25) is 0 Å². The van der Waals surface area contributed by atoms with Crippen molar-refractivity contribution in [1.29, 1.82) is 0 Å². The maximum Gasteiger partial charge on any atom is 0.254 e. The molecule has 1 aliphatic carbocycles. The lowest BCUT2D eigenvalue weighted by atomic mass is 10.1. The van der Waals surface area contributed by atoms with Crippen molar-refractivity contribution in [2.24, 2.45) is 0 Å². The summed E-state index contributed by atoms with van der Waals surface area (Å²) in [6.07, 6.45) is 1.10. The smallest absolute Gasteiger partial charge is 0.254 e. The molecule has 3 aliphatic rings. The van der Waals surface area contributed by atoms with Gasteiger partial charge in [0.1, 0.15) is 5.60 Å². The first-order chi connectivity index (χ1) is 14.5. The quantitative estimate of drug-likeness (QED) is 0.818. The van der Waals surface area contributed by atoms with Crippen LogP contribution in [-0.2, 0) is 4.79 Å². The van der Waals surface area contributed by atoms with E-state index in [4.69, 9.17) is 0 Å². The van der Waals surface area contributed by atoms with E-state index in [9.17, 15) is 14.7 Å². The minimum atomic E-state index is -1.14. The summed E-state index contributed by atoms with van der Waals surface area (Å²) < 4.78 is 0. The Morgan fingerprint density at radius 2 is 1.60 bits per heavy atom. The number of anilines is 2. The average molecular weight is 406 g/mol. The van der Waals surface area contributed by atoms with Gasteiger partial charge >= 0.3 is 0 Å². The SMILES string of the molecule is CC1NN(c2ccc(C(=O)N3CCN(C(=O)C4(O)CC4)CC3)cc2)c2ccccc21. The maximum atomic E-state index is 12.9. The Hall–Kier alpha value is -2.90. The zero-order valence-electron chi connectivity index (χ0n) is 17.0. The summed E-state index contributed by atoms with van der Waals surface area (Å²) >= 11 is 0. The van der Waals surface area contributed by atoms with Crippen LogP contribution in [-0.4, -0.2) is 58.5 Å². The molecule has 2 aromatic rings. The molecule has 2 N–H and O–H groups in total. The number of amides is 2. The first-order valence-electron chi connectivity index (χ1n) is 10.5. The second-order valence-electron chi connectivity index (χ2n) is 8.41. The highest BCUT2D eigenvalue weighted by Crippen LogP contribution is 2.38. The third kappa shape index (κ3) is 3.24. The van der Waals surface area contributed by atoms with Gasteiger partial charge in [-0.1, -0.05) is 18.2 Å². The third-order valence-electron chi connectivity index (χ3n) is 6.32. The van der Waals surface area contributed by atoms with E-state index in [1.165, 1.54) is 5.56 Å². The van der Waals surface area contributed by atoms with Gasteiger partial charge in [-0.3, -0.25) is 14.6 Å². The molecule has 0 spiro atoms. The van der Waals surface area contributed by atoms with Gasteiger partial charge in [0.15, 0.2) is 0 Å². The zero-order chi connectivity index (χ0) is 20.9. The van der Waals surface area contributed by atoms with E-state index in [0.29, 0.717) is 44.6 Å². The number of nitrogens with one attached hydrogen (secondary N) is 1. The van der Waals surface area contributed by atoms with Gasteiger partial charge in [-0.05, 0) is 55.7 Å². The Morgan fingerprint density at radius 3 is 2.27 bits per heavy atom. The third-order valence-corrected chi connectivity index (χ3v) is 6.32. The summed E-state index contributed by atoms with van der Waals surface area (Å²) in [4.78, 5) is 28.6. The molecule has 0 bridgehead atoms. The topological polar surface area (TPSA) is 76.1 Å². The summed E-state index contributed by atoms with van der Waals surface area (Å²) in [5.41, 5.74) is 6.32. The second-order valence-corrected chi connectivity index (χ2v) is 8.41. The molecule has 1 unspecified atom stereocenters. The van der Waals surface area contributed by atoms with Crippen molar-refractivity contribution in [2.45, 2.75) is 31.4 Å². The van der Waals surface area contributed by atoms with Crippen molar-refractivity contribution in [3.63, 3.8) is 0 Å². The number of benzene rings is 2. The lowest BCUT2D eigenvalue weighted by Crippen LogP contribution is -2.53. The van der Waals surface area contributed by atoms with Gasteiger partial charge in [-0.15, -0.1) is 0 Å². The number of hydrazine groups is 1. The van der Waals surface area contributed by atoms with Gasteiger partial charge in [0.05, 0.1) is 17.4 Å². The summed E-state index contributed by atoms with van der Waals surface area (Å²) in [5, 5.41) is 12.1. The number of carbonyl (C=O) groups excluding carboxylic acids is 2. The van der Waals surface area contributed by atoms with Gasteiger partial charge in [-0.2, -0.15) is 0 Å². The van der Waals surface area contributed by atoms with Gasteiger partial charge in [0.25, 0.3) is 11.8 Å². The molecule has 30 heavy (non-hydrogen) atoms. The molecule has 5 rings (SSSR count). The fraction of sp³-hybridized carbons (Fsp3) is 0.391. The summed E-state index contributed by atoms with van der Waals surface area (Å²) in [7, 11) is 0. The van der Waals surface area contributed by atoms with Crippen LogP contribution in [0.4, 0.5) is 11.4 Å². The highest BCUT2D eigenvalue weighted by atomic mass is 16.3. The van der Waals surface area contributed by atoms with E-state index in [1.54, 1.807) is 9.80 Å². The molecule has 0 radical (unpaired) electrons. The van der Waals surface area contributed by atoms with E-state index >= 15 is 0 Å². The van der Waals surface area contributed by atoms with Crippen LogP contribution in [0, 0.1) is 0 Å². The van der Waals surface area contributed by atoms with Crippen LogP contribution in [0.15, 0.2) is 48.5 Å². The summed E-state index contributed by atoms with van der Waals surface area (Å²) in [6.45, 7) is 4.04. The number of hydrogen-bond acceptors (Lipinski definition) is 5. The van der Waals surface area contributed by atoms with E-state index in [-0.39, 0.29) is 17.9 Å². The van der Waals surface area contributed by atoms with Crippen molar-refractivity contribution < 1.29 is 14.7 Å². The molecule has 2 heterocycles. The minimum absolute atomic E-state index is 0.0260. The van der Waals surface area contributed by atoms with Crippen LogP contribution < -0.4 is 10.4 Å². The average Bonchev–Trinajstić information content (AvgIpc) is 3.46. The number of nitrogens with zero attached hydrogens (tertiary/aromatic N) is 3. The van der Waals surface area contributed by atoms with Gasteiger partial charge in [0.2, 0.25) is 0 Å². The fourth-order valence-corrected chi connectivity index (χ4v) is 4.28. The largest absolute Gasteiger partial charge is 0.380 e. The number of para-hydroxylation sites is 1. The monoisotopic (exact) mass is 406 g/mol. The molecular formula is C23H26N4O3. The first kappa shape index (κ1) is 19.1. The van der Waals surface area contributed by atoms with Crippen LogP contribution in [0.3, 0.4) is 0 Å². The molecule has 7 nitrogen and oxygen atoms in total. The van der Waals surface area contributed by atoms with Crippen LogP contribution in [0.5, 0.6) is 0 Å². The Kier molecular flexibility index (Phi) is 4.52. The highest BCUT2D eigenvalue weighted by Gasteiger charge is 2.50. The number of carbonyl (C=O) groups is 2. The molecule has 7 heteroatoms. The van der Waals surface area contributed by atoms with Crippen molar-refractivity contribution in [1.82, 2.24) is 15.2 Å². The Morgan fingerprint density at radius 1 is 0.967 bits per heavy atom. The maximum absolute atomic E-state index is 12.9. The first-order valence-corrected chi connectivity index (χ1v) is 10.5. The standard InChI is InChI=1S/C23H26N4O3/c1-16-19-4-2-3-5-20(19)27(24-16)18-8-6-17(7-9-18)21(28)25-12-14-26(15-13-25)22(29)23(30)10-11-23/h2-9,16,24,30H,10-15H2,1H3. The number of rotatable bonds is 3. The van der Waals surface area contributed by atoms with Crippen molar-refractivity contribution in [3.8, 4) is 0 Å². The van der Waals surface area contributed by atoms with E-state index in [1.807, 2.05) is 36.4 Å². The zero-order valence-corrected chi connectivity index (χ0v) is 17.0. The Balaban J connectivity index is 1.24. The van der Waals surface area contributed by atoms with Gasteiger partial charge in [0, 0.05) is 31.7 Å². The van der Waals surface area contributed by atoms with Crippen LogP contribution in [0.1, 0.15) is 41.7 Å². The second kappa shape index (κ2) is 7.11. The Labute approximate surface area is 175 Å². The molecule has 1 atom stereocenters. The van der Waals surface area contributed by atoms with Crippen molar-refractivity contribution in [2.75, 3.05) is 31.2 Å². The molecule has 2 amide bonds. The predicted molar refractivity (Wildman–Crippen MR) is 113 cm³/mol.